The molecule has 0 fully saturated rings. The minimum absolute atomic E-state index is 0.277. The predicted octanol–water partition coefficient (Wildman–Crippen LogP) is 3.95. The van der Waals surface area contributed by atoms with Gasteiger partial charge in [-0.25, -0.2) is 5.10 Å². The molecule has 3 aromatic rings. The molecular weight excluding hydrogens is 317 g/mol. The second kappa shape index (κ2) is 6.16. The number of nitrogens with zero attached hydrogens (tertiary/aromatic N) is 3. The van der Waals surface area contributed by atoms with Gasteiger partial charge in [0, 0.05) is 6.42 Å². The summed E-state index contributed by atoms with van der Waals surface area (Å²) in [6, 6.07) is 14.3. The number of hydrogen-bond acceptors (Lipinski definition) is 3. The summed E-state index contributed by atoms with van der Waals surface area (Å²) in [4.78, 5) is 0. The first-order valence-electron chi connectivity index (χ1n) is 7.04. The van der Waals surface area contributed by atoms with Crippen molar-refractivity contribution in [3.63, 3.8) is 0 Å². The molecule has 1 aromatic heterocycles. The summed E-state index contributed by atoms with van der Waals surface area (Å²) >= 11 is 0. The van der Waals surface area contributed by atoms with E-state index in [2.05, 4.69) is 15.4 Å². The van der Waals surface area contributed by atoms with Gasteiger partial charge in [0.1, 0.15) is 11.8 Å². The monoisotopic (exact) mass is 328 g/mol. The number of nitriles is 1. The molecule has 0 aliphatic carbocycles. The number of alkyl halides is 3. The molecule has 0 bridgehead atoms. The Morgan fingerprint density at radius 3 is 2.46 bits per heavy atom. The van der Waals surface area contributed by atoms with Gasteiger partial charge in [-0.2, -0.15) is 18.4 Å². The maximum absolute atomic E-state index is 12.8. The number of hydrogen-bond donors (Lipinski definition) is 1. The van der Waals surface area contributed by atoms with Crippen molar-refractivity contribution in [2.24, 2.45) is 0 Å². The quantitative estimate of drug-likeness (QED) is 0.791. The minimum Gasteiger partial charge on any atom is -0.247 e. The molecule has 0 spiro atoms. The van der Waals surface area contributed by atoms with Crippen LogP contribution in [0.25, 0.3) is 11.1 Å². The van der Waals surface area contributed by atoms with Crippen molar-refractivity contribution in [1.29, 1.82) is 5.26 Å². The smallest absolute Gasteiger partial charge is 0.247 e. The topological polar surface area (TPSA) is 65.4 Å². The van der Waals surface area contributed by atoms with Crippen molar-refractivity contribution in [2.75, 3.05) is 0 Å². The lowest BCUT2D eigenvalue weighted by atomic mass is 9.99. The summed E-state index contributed by atoms with van der Waals surface area (Å²) in [7, 11) is 0. The molecule has 4 nitrogen and oxygen atoms in total. The highest BCUT2D eigenvalue weighted by atomic mass is 19.4. The lowest BCUT2D eigenvalue weighted by Crippen LogP contribution is -2.04. The average Bonchev–Trinajstić information content (AvgIpc) is 3.01. The number of nitrogens with one attached hydrogen (secondary N) is 1. The van der Waals surface area contributed by atoms with E-state index in [1.165, 1.54) is 6.07 Å². The fourth-order valence-corrected chi connectivity index (χ4v) is 2.39. The molecule has 1 heterocycles. The molecule has 0 amide bonds. The molecule has 0 saturated heterocycles. The van der Waals surface area contributed by atoms with E-state index in [4.69, 9.17) is 5.26 Å². The van der Waals surface area contributed by atoms with Gasteiger partial charge in [0.25, 0.3) is 0 Å². The Bertz CT molecular complexity index is 906. The second-order valence-electron chi connectivity index (χ2n) is 5.20. The van der Waals surface area contributed by atoms with Crippen LogP contribution in [-0.4, -0.2) is 15.4 Å². The number of aromatic amines is 1. The number of H-pyrrole nitrogens is 1. The van der Waals surface area contributed by atoms with Gasteiger partial charge in [-0.3, -0.25) is 0 Å². The molecule has 120 valence electrons. The molecule has 24 heavy (non-hydrogen) atoms. The van der Waals surface area contributed by atoms with E-state index in [1.807, 2.05) is 12.1 Å². The van der Waals surface area contributed by atoms with Crippen molar-refractivity contribution in [2.45, 2.75) is 12.6 Å². The Balaban J connectivity index is 1.93. The van der Waals surface area contributed by atoms with E-state index in [-0.39, 0.29) is 5.69 Å². The van der Waals surface area contributed by atoms with Crippen LogP contribution < -0.4 is 0 Å². The molecule has 3 rings (SSSR count). The Morgan fingerprint density at radius 2 is 1.75 bits per heavy atom. The second-order valence-corrected chi connectivity index (χ2v) is 5.20. The fraction of sp³-hybridized carbons (Fsp3) is 0.118. The van der Waals surface area contributed by atoms with Crippen LogP contribution >= 0.6 is 0 Å². The van der Waals surface area contributed by atoms with E-state index in [9.17, 15) is 13.2 Å². The van der Waals surface area contributed by atoms with Gasteiger partial charge in [-0.15, -0.1) is 5.10 Å². The van der Waals surface area contributed by atoms with Crippen molar-refractivity contribution < 1.29 is 13.2 Å². The highest BCUT2D eigenvalue weighted by Crippen LogP contribution is 2.32. The van der Waals surface area contributed by atoms with Crippen molar-refractivity contribution in [1.82, 2.24) is 15.4 Å². The van der Waals surface area contributed by atoms with Gasteiger partial charge in [-0.05, 0) is 28.8 Å². The summed E-state index contributed by atoms with van der Waals surface area (Å²) in [6.07, 6.45) is -4.01. The molecule has 0 radical (unpaired) electrons. The highest BCUT2D eigenvalue weighted by molar-refractivity contribution is 5.65. The van der Waals surface area contributed by atoms with E-state index >= 15 is 0 Å². The fourth-order valence-electron chi connectivity index (χ4n) is 2.39. The summed E-state index contributed by atoms with van der Waals surface area (Å²) in [5.41, 5.74) is 2.06. The molecule has 0 saturated carbocycles. The van der Waals surface area contributed by atoms with Crippen LogP contribution in [0.1, 0.15) is 22.5 Å². The number of halogens is 3. The van der Waals surface area contributed by atoms with Gasteiger partial charge in [0.15, 0.2) is 5.69 Å². The number of benzene rings is 2. The molecule has 0 aliphatic heterocycles. The Hall–Kier alpha value is -3.14. The van der Waals surface area contributed by atoms with Gasteiger partial charge < -0.3 is 0 Å². The largest absolute Gasteiger partial charge is 0.416 e. The summed E-state index contributed by atoms with van der Waals surface area (Å²) < 4.78 is 38.5. The van der Waals surface area contributed by atoms with Crippen molar-refractivity contribution in [3.8, 4) is 17.2 Å². The molecule has 0 aliphatic rings. The van der Waals surface area contributed by atoms with Gasteiger partial charge in [0.05, 0.1) is 5.56 Å². The van der Waals surface area contributed by atoms with Gasteiger partial charge in [-0.1, -0.05) is 41.6 Å². The Morgan fingerprint density at radius 1 is 1.04 bits per heavy atom. The van der Waals surface area contributed by atoms with Crippen LogP contribution in [0.2, 0.25) is 0 Å². The molecule has 0 unspecified atom stereocenters. The molecular formula is C17H11F3N4. The summed E-state index contributed by atoms with van der Waals surface area (Å²) in [5, 5.41) is 18.9. The third kappa shape index (κ3) is 3.27. The lowest BCUT2D eigenvalue weighted by Gasteiger charge is -2.09. The maximum Gasteiger partial charge on any atom is 0.416 e. The lowest BCUT2D eigenvalue weighted by molar-refractivity contribution is -0.137. The molecule has 2 aromatic carbocycles. The normalized spacial score (nSPS) is 11.2. The van der Waals surface area contributed by atoms with Crippen LogP contribution in [0.3, 0.4) is 0 Å². The average molecular weight is 328 g/mol. The Labute approximate surface area is 135 Å². The molecule has 0 atom stereocenters. The van der Waals surface area contributed by atoms with E-state index in [0.29, 0.717) is 23.2 Å². The Kier molecular flexibility index (Phi) is 4.04. The first-order chi connectivity index (χ1) is 11.5. The van der Waals surface area contributed by atoms with Gasteiger partial charge >= 0.3 is 6.18 Å². The van der Waals surface area contributed by atoms with Crippen molar-refractivity contribution in [3.05, 3.63) is 71.0 Å². The maximum atomic E-state index is 12.8. The van der Waals surface area contributed by atoms with E-state index < -0.39 is 11.7 Å². The van der Waals surface area contributed by atoms with E-state index in [1.54, 1.807) is 24.3 Å². The zero-order chi connectivity index (χ0) is 17.2. The standard InChI is InChI=1S/C17H11F3N4/c18-17(19,20)14-6-2-5-13(9-14)12-4-1-3-11(7-12)8-15-16(10-21)23-24-22-15/h1-7,9H,8H2,(H,22,23,24). The van der Waals surface area contributed by atoms with Crippen LogP contribution in [0, 0.1) is 11.3 Å². The SMILES string of the molecule is N#Cc1[nH]nnc1Cc1cccc(-c2cccc(C(F)(F)F)c2)c1. The zero-order valence-electron chi connectivity index (χ0n) is 12.3. The molecule has 1 N–H and O–H groups in total. The minimum atomic E-state index is -4.38. The zero-order valence-corrected chi connectivity index (χ0v) is 12.3. The number of aromatic nitrogens is 3. The van der Waals surface area contributed by atoms with Crippen LogP contribution in [0.5, 0.6) is 0 Å². The van der Waals surface area contributed by atoms with Gasteiger partial charge in [0.2, 0.25) is 0 Å². The first kappa shape index (κ1) is 15.7. The van der Waals surface area contributed by atoms with Crippen molar-refractivity contribution >= 4 is 0 Å². The van der Waals surface area contributed by atoms with E-state index in [0.717, 1.165) is 17.7 Å². The third-order valence-electron chi connectivity index (χ3n) is 3.55. The third-order valence-corrected chi connectivity index (χ3v) is 3.55. The summed E-state index contributed by atoms with van der Waals surface area (Å²) in [6.45, 7) is 0. The predicted molar refractivity (Wildman–Crippen MR) is 80.8 cm³/mol. The molecule has 7 heteroatoms. The summed E-state index contributed by atoms with van der Waals surface area (Å²) in [5.74, 6) is 0. The van der Waals surface area contributed by atoms with Crippen LogP contribution in [0.4, 0.5) is 13.2 Å². The van der Waals surface area contributed by atoms with Crippen LogP contribution in [0.15, 0.2) is 48.5 Å². The first-order valence-corrected chi connectivity index (χ1v) is 7.04. The highest BCUT2D eigenvalue weighted by Gasteiger charge is 2.30. The number of rotatable bonds is 3. The van der Waals surface area contributed by atoms with Crippen LogP contribution in [-0.2, 0) is 12.6 Å².